The number of hydrogen-bond donors (Lipinski definition) is 2. The molecule has 1 fully saturated rings. The van der Waals surface area contributed by atoms with Crippen LogP contribution in [0.15, 0.2) is 18.2 Å². The Bertz CT molecular complexity index is 705. The Labute approximate surface area is 167 Å². The van der Waals surface area contributed by atoms with Gasteiger partial charge in [0.25, 0.3) is 11.8 Å². The summed E-state index contributed by atoms with van der Waals surface area (Å²) in [6.45, 7) is 3.59. The minimum Gasteiger partial charge on any atom is -0.482 e. The fourth-order valence-corrected chi connectivity index (χ4v) is 2.82. The molecule has 10 heteroatoms. The van der Waals surface area contributed by atoms with E-state index in [0.717, 1.165) is 13.1 Å². The van der Waals surface area contributed by atoms with Crippen LogP contribution in [0.1, 0.15) is 0 Å². The number of halogens is 2. The smallest absolute Gasteiger partial charge is 0.259 e. The standard InChI is InChI=1S/C17H20Cl2N4O4/c18-12-1-2-15(13(19)9-12)27-11-16(24)22-14(10-20)17(25)21-3-4-23-5-7-26-8-6-23/h1-2,9,14H,3-8,11H2,(H,21,25)(H,22,24). The molecular formula is C17H20Cl2N4O4. The van der Waals surface area contributed by atoms with E-state index in [-0.39, 0.29) is 17.4 Å². The van der Waals surface area contributed by atoms with Gasteiger partial charge in [0.05, 0.1) is 24.3 Å². The minimum atomic E-state index is -1.30. The summed E-state index contributed by atoms with van der Waals surface area (Å²) in [7, 11) is 0. The molecule has 1 saturated heterocycles. The lowest BCUT2D eigenvalue weighted by Crippen LogP contribution is -2.49. The highest BCUT2D eigenvalue weighted by molar-refractivity contribution is 6.35. The summed E-state index contributed by atoms with van der Waals surface area (Å²) < 4.78 is 10.5. The molecule has 2 N–H and O–H groups in total. The Hall–Kier alpha value is -2.05. The maximum absolute atomic E-state index is 12.0. The van der Waals surface area contributed by atoms with E-state index in [0.29, 0.717) is 31.3 Å². The van der Waals surface area contributed by atoms with Crippen LogP contribution in [0.5, 0.6) is 5.75 Å². The van der Waals surface area contributed by atoms with E-state index in [9.17, 15) is 9.59 Å². The van der Waals surface area contributed by atoms with Crippen molar-refractivity contribution in [1.82, 2.24) is 15.5 Å². The van der Waals surface area contributed by atoms with Crippen molar-refractivity contribution in [1.29, 1.82) is 5.26 Å². The Morgan fingerprint density at radius 3 is 2.74 bits per heavy atom. The molecule has 0 bridgehead atoms. The van der Waals surface area contributed by atoms with Gasteiger partial charge in [0.15, 0.2) is 12.6 Å². The van der Waals surface area contributed by atoms with Crippen molar-refractivity contribution in [2.24, 2.45) is 0 Å². The summed E-state index contributed by atoms with van der Waals surface area (Å²) in [5.74, 6) is -0.904. The predicted molar refractivity (Wildman–Crippen MR) is 99.8 cm³/mol. The van der Waals surface area contributed by atoms with Crippen LogP contribution < -0.4 is 15.4 Å². The molecule has 0 aliphatic carbocycles. The lowest BCUT2D eigenvalue weighted by atomic mass is 10.3. The van der Waals surface area contributed by atoms with Crippen LogP contribution >= 0.6 is 23.2 Å². The van der Waals surface area contributed by atoms with Gasteiger partial charge in [0.2, 0.25) is 0 Å². The third-order valence-corrected chi connectivity index (χ3v) is 4.31. The lowest BCUT2D eigenvalue weighted by molar-refractivity contribution is -0.128. The molecule has 0 spiro atoms. The van der Waals surface area contributed by atoms with E-state index in [1.807, 2.05) is 0 Å². The predicted octanol–water partition coefficient (Wildman–Crippen LogP) is 0.829. The molecule has 2 amide bonds. The van der Waals surface area contributed by atoms with Gasteiger partial charge in [0.1, 0.15) is 5.75 Å². The number of nitriles is 1. The van der Waals surface area contributed by atoms with Crippen LogP contribution in [-0.4, -0.2) is 68.8 Å². The van der Waals surface area contributed by atoms with Crippen molar-refractivity contribution < 1.29 is 19.1 Å². The van der Waals surface area contributed by atoms with Gasteiger partial charge in [-0.2, -0.15) is 5.26 Å². The molecule has 27 heavy (non-hydrogen) atoms. The molecule has 1 atom stereocenters. The second-order valence-electron chi connectivity index (χ2n) is 5.74. The summed E-state index contributed by atoms with van der Waals surface area (Å²) in [6, 6.07) is 5.04. The Balaban J connectivity index is 1.73. The van der Waals surface area contributed by atoms with Gasteiger partial charge in [-0.1, -0.05) is 23.2 Å². The van der Waals surface area contributed by atoms with Crippen LogP contribution in [0.2, 0.25) is 10.0 Å². The first kappa shape index (κ1) is 21.3. The number of morpholine rings is 1. The van der Waals surface area contributed by atoms with Gasteiger partial charge in [-0.25, -0.2) is 0 Å². The first-order valence-corrected chi connectivity index (χ1v) is 9.10. The van der Waals surface area contributed by atoms with E-state index in [2.05, 4.69) is 15.5 Å². The summed E-state index contributed by atoms with van der Waals surface area (Å²) in [5, 5.41) is 14.8. The van der Waals surface area contributed by atoms with E-state index < -0.39 is 17.9 Å². The molecule has 1 aliphatic rings. The van der Waals surface area contributed by atoms with E-state index in [1.165, 1.54) is 12.1 Å². The number of amides is 2. The third kappa shape index (κ3) is 7.23. The van der Waals surface area contributed by atoms with Gasteiger partial charge in [-0.15, -0.1) is 0 Å². The highest BCUT2D eigenvalue weighted by Crippen LogP contribution is 2.27. The zero-order chi connectivity index (χ0) is 19.6. The molecule has 1 aromatic carbocycles. The Kier molecular flexibility index (Phi) is 8.61. The van der Waals surface area contributed by atoms with Crippen LogP contribution in [0.4, 0.5) is 0 Å². The number of carbonyl (C=O) groups is 2. The quantitative estimate of drug-likeness (QED) is 0.652. The normalized spacial score (nSPS) is 15.4. The second-order valence-corrected chi connectivity index (χ2v) is 6.58. The molecule has 0 aromatic heterocycles. The van der Waals surface area contributed by atoms with Crippen molar-refractivity contribution in [3.8, 4) is 11.8 Å². The zero-order valence-electron chi connectivity index (χ0n) is 14.5. The fourth-order valence-electron chi connectivity index (χ4n) is 2.36. The highest BCUT2D eigenvalue weighted by Gasteiger charge is 2.20. The monoisotopic (exact) mass is 414 g/mol. The fraction of sp³-hybridized carbons (Fsp3) is 0.471. The SMILES string of the molecule is N#CC(NC(=O)COc1ccc(Cl)cc1Cl)C(=O)NCCN1CCOCC1. The largest absolute Gasteiger partial charge is 0.482 e. The lowest BCUT2D eigenvalue weighted by Gasteiger charge is -2.26. The maximum atomic E-state index is 12.0. The molecule has 0 saturated carbocycles. The van der Waals surface area contributed by atoms with Crippen molar-refractivity contribution in [2.45, 2.75) is 6.04 Å². The molecule has 146 valence electrons. The van der Waals surface area contributed by atoms with Gasteiger partial charge >= 0.3 is 0 Å². The van der Waals surface area contributed by atoms with Crippen molar-refractivity contribution in [3.63, 3.8) is 0 Å². The topological polar surface area (TPSA) is 104 Å². The second kappa shape index (κ2) is 10.9. The molecule has 0 radical (unpaired) electrons. The van der Waals surface area contributed by atoms with Crippen LogP contribution in [0, 0.1) is 11.3 Å². The van der Waals surface area contributed by atoms with Gasteiger partial charge < -0.3 is 20.1 Å². The van der Waals surface area contributed by atoms with Crippen LogP contribution in [0.3, 0.4) is 0 Å². The summed E-state index contributed by atoms with van der Waals surface area (Å²) in [5.41, 5.74) is 0. The number of carbonyl (C=O) groups excluding carboxylic acids is 2. The average molecular weight is 415 g/mol. The van der Waals surface area contributed by atoms with Gasteiger partial charge in [-0.05, 0) is 18.2 Å². The number of benzene rings is 1. The van der Waals surface area contributed by atoms with Crippen molar-refractivity contribution in [2.75, 3.05) is 46.0 Å². The molecule has 1 heterocycles. The number of nitrogens with zero attached hydrogens (tertiary/aromatic N) is 2. The van der Waals surface area contributed by atoms with Crippen molar-refractivity contribution in [3.05, 3.63) is 28.2 Å². The Morgan fingerprint density at radius 1 is 1.33 bits per heavy atom. The van der Waals surface area contributed by atoms with Crippen LogP contribution in [0.25, 0.3) is 0 Å². The molecule has 8 nitrogen and oxygen atoms in total. The van der Waals surface area contributed by atoms with Crippen molar-refractivity contribution >= 4 is 35.0 Å². The van der Waals surface area contributed by atoms with Gasteiger partial charge in [-0.3, -0.25) is 14.5 Å². The molecule has 2 rings (SSSR count). The minimum absolute atomic E-state index is 0.257. The molecule has 1 aliphatic heterocycles. The van der Waals surface area contributed by atoms with Crippen LogP contribution in [-0.2, 0) is 14.3 Å². The van der Waals surface area contributed by atoms with E-state index >= 15 is 0 Å². The number of hydrogen-bond acceptors (Lipinski definition) is 6. The first-order chi connectivity index (χ1) is 13.0. The van der Waals surface area contributed by atoms with E-state index in [1.54, 1.807) is 12.1 Å². The summed E-state index contributed by atoms with van der Waals surface area (Å²) >= 11 is 11.7. The summed E-state index contributed by atoms with van der Waals surface area (Å²) in [4.78, 5) is 26.1. The maximum Gasteiger partial charge on any atom is 0.259 e. The number of nitrogens with one attached hydrogen (secondary N) is 2. The molecular weight excluding hydrogens is 395 g/mol. The molecule has 1 unspecified atom stereocenters. The Morgan fingerprint density at radius 2 is 2.07 bits per heavy atom. The highest BCUT2D eigenvalue weighted by atomic mass is 35.5. The number of rotatable bonds is 8. The zero-order valence-corrected chi connectivity index (χ0v) is 16.1. The molecule has 1 aromatic rings. The first-order valence-electron chi connectivity index (χ1n) is 8.34. The average Bonchev–Trinajstić information content (AvgIpc) is 2.66. The number of ether oxygens (including phenoxy) is 2. The van der Waals surface area contributed by atoms with Gasteiger partial charge in [0, 0.05) is 31.2 Å². The third-order valence-electron chi connectivity index (χ3n) is 3.78. The van der Waals surface area contributed by atoms with E-state index in [4.69, 9.17) is 37.9 Å². The summed E-state index contributed by atoms with van der Waals surface area (Å²) in [6.07, 6.45) is 0.